The molecule has 0 unspecified atom stereocenters. The van der Waals surface area contributed by atoms with Gasteiger partial charge in [-0.1, -0.05) is 6.07 Å². The van der Waals surface area contributed by atoms with Gasteiger partial charge in [0.15, 0.2) is 5.76 Å². The molecule has 1 aliphatic carbocycles. The first kappa shape index (κ1) is 15.7. The van der Waals surface area contributed by atoms with Crippen molar-refractivity contribution in [1.29, 1.82) is 0 Å². The molecule has 2 aromatic rings. The molecular formula is C15H17N3O4S. The molecule has 0 aromatic carbocycles. The molecule has 2 heterocycles. The van der Waals surface area contributed by atoms with E-state index in [9.17, 15) is 13.2 Å². The predicted molar refractivity (Wildman–Crippen MR) is 82.3 cm³/mol. The van der Waals surface area contributed by atoms with Gasteiger partial charge in [0, 0.05) is 25.0 Å². The molecular weight excluding hydrogens is 318 g/mol. The molecule has 0 aliphatic heterocycles. The Morgan fingerprint density at radius 3 is 2.83 bits per heavy atom. The second-order valence-corrected chi connectivity index (χ2v) is 7.03. The minimum atomic E-state index is -3.68. The number of amides is 1. The summed E-state index contributed by atoms with van der Waals surface area (Å²) in [7, 11) is -3.68. The Labute approximate surface area is 134 Å². The molecule has 0 atom stereocenters. The Morgan fingerprint density at radius 2 is 2.13 bits per heavy atom. The Kier molecular flexibility index (Phi) is 4.44. The van der Waals surface area contributed by atoms with E-state index in [2.05, 4.69) is 15.0 Å². The maximum atomic E-state index is 12.0. The van der Waals surface area contributed by atoms with E-state index in [1.807, 2.05) is 12.1 Å². The molecule has 1 aliphatic rings. The van der Waals surface area contributed by atoms with Gasteiger partial charge < -0.3 is 9.73 Å². The summed E-state index contributed by atoms with van der Waals surface area (Å²) in [5.41, 5.74) is 1.00. The van der Waals surface area contributed by atoms with Gasteiger partial charge in [0.2, 0.25) is 5.09 Å². The summed E-state index contributed by atoms with van der Waals surface area (Å²) in [6.07, 6.45) is 5.72. The van der Waals surface area contributed by atoms with E-state index in [1.165, 1.54) is 12.1 Å². The van der Waals surface area contributed by atoms with E-state index in [-0.39, 0.29) is 16.9 Å². The summed E-state index contributed by atoms with van der Waals surface area (Å²) < 4.78 is 31.6. The van der Waals surface area contributed by atoms with Crippen LogP contribution in [-0.2, 0) is 16.4 Å². The van der Waals surface area contributed by atoms with Crippen LogP contribution in [-0.4, -0.2) is 31.9 Å². The lowest BCUT2D eigenvalue weighted by molar-refractivity contribution is 0.0921. The lowest BCUT2D eigenvalue weighted by atomic mass is 10.2. The zero-order chi connectivity index (χ0) is 16.3. The van der Waals surface area contributed by atoms with Gasteiger partial charge in [-0.2, -0.15) is 0 Å². The van der Waals surface area contributed by atoms with Crippen LogP contribution in [0.4, 0.5) is 0 Å². The maximum Gasteiger partial charge on any atom is 0.287 e. The third kappa shape index (κ3) is 4.17. The smallest absolute Gasteiger partial charge is 0.287 e. The quantitative estimate of drug-likeness (QED) is 0.789. The fraction of sp³-hybridized carbons (Fsp3) is 0.333. The second kappa shape index (κ2) is 6.51. The first-order valence-electron chi connectivity index (χ1n) is 7.34. The average Bonchev–Trinajstić information content (AvgIpc) is 3.18. The van der Waals surface area contributed by atoms with Crippen LogP contribution in [0.5, 0.6) is 0 Å². The third-order valence-corrected chi connectivity index (χ3v) is 4.78. The molecule has 7 nitrogen and oxygen atoms in total. The number of rotatable bonds is 7. The van der Waals surface area contributed by atoms with E-state index >= 15 is 0 Å². The van der Waals surface area contributed by atoms with Gasteiger partial charge in [-0.25, -0.2) is 13.1 Å². The minimum Gasteiger partial charge on any atom is -0.438 e. The summed E-state index contributed by atoms with van der Waals surface area (Å²) in [4.78, 5) is 16.0. The van der Waals surface area contributed by atoms with Crippen LogP contribution in [0.3, 0.4) is 0 Å². The highest BCUT2D eigenvalue weighted by atomic mass is 32.2. The summed E-state index contributed by atoms with van der Waals surface area (Å²) >= 11 is 0. The molecule has 0 spiro atoms. The fourth-order valence-corrected chi connectivity index (χ4v) is 3.26. The summed E-state index contributed by atoms with van der Waals surface area (Å²) in [6, 6.07) is 6.39. The number of nitrogens with zero attached hydrogens (tertiary/aromatic N) is 1. The number of nitrogens with one attached hydrogen (secondary N) is 2. The van der Waals surface area contributed by atoms with Crippen LogP contribution in [0.2, 0.25) is 0 Å². The number of hydrogen-bond donors (Lipinski definition) is 2. The third-order valence-electron chi connectivity index (χ3n) is 3.39. The van der Waals surface area contributed by atoms with Crippen molar-refractivity contribution < 1.29 is 17.6 Å². The van der Waals surface area contributed by atoms with Crippen LogP contribution in [0, 0.1) is 0 Å². The highest BCUT2D eigenvalue weighted by Crippen LogP contribution is 2.23. The topological polar surface area (TPSA) is 101 Å². The van der Waals surface area contributed by atoms with Crippen LogP contribution in [0.15, 0.2) is 46.2 Å². The molecule has 3 rings (SSSR count). The first-order valence-corrected chi connectivity index (χ1v) is 8.82. The first-order chi connectivity index (χ1) is 11.0. The Hall–Kier alpha value is -2.19. The van der Waals surface area contributed by atoms with Crippen LogP contribution < -0.4 is 10.0 Å². The van der Waals surface area contributed by atoms with Gasteiger partial charge in [-0.05, 0) is 43.0 Å². The number of carbonyl (C=O) groups is 1. The van der Waals surface area contributed by atoms with E-state index in [1.54, 1.807) is 12.4 Å². The van der Waals surface area contributed by atoms with Crippen molar-refractivity contribution in [1.82, 2.24) is 15.0 Å². The van der Waals surface area contributed by atoms with Crippen molar-refractivity contribution in [3.63, 3.8) is 0 Å². The van der Waals surface area contributed by atoms with Gasteiger partial charge in [-0.3, -0.25) is 9.78 Å². The van der Waals surface area contributed by atoms with Gasteiger partial charge >= 0.3 is 0 Å². The maximum absolute atomic E-state index is 12.0. The van der Waals surface area contributed by atoms with Crippen molar-refractivity contribution >= 4 is 15.9 Å². The van der Waals surface area contributed by atoms with Gasteiger partial charge in [0.1, 0.15) is 0 Å². The molecule has 1 fully saturated rings. The molecule has 2 N–H and O–H groups in total. The summed E-state index contributed by atoms with van der Waals surface area (Å²) in [5, 5.41) is 2.46. The van der Waals surface area contributed by atoms with Gasteiger partial charge in [0.25, 0.3) is 15.9 Å². The highest BCUT2D eigenvalue weighted by Gasteiger charge is 2.30. The molecule has 0 radical (unpaired) electrons. The van der Waals surface area contributed by atoms with Crippen molar-refractivity contribution in [3.05, 3.63) is 48.0 Å². The molecule has 2 aromatic heterocycles. The molecule has 0 saturated heterocycles. The Morgan fingerprint density at radius 1 is 1.30 bits per heavy atom. The van der Waals surface area contributed by atoms with Crippen molar-refractivity contribution in [2.45, 2.75) is 30.4 Å². The largest absolute Gasteiger partial charge is 0.438 e. The van der Waals surface area contributed by atoms with E-state index in [0.29, 0.717) is 13.0 Å². The zero-order valence-corrected chi connectivity index (χ0v) is 13.2. The lowest BCUT2D eigenvalue weighted by Gasteiger charge is -2.03. The molecule has 0 bridgehead atoms. The number of carbonyl (C=O) groups excluding carboxylic acids is 1. The van der Waals surface area contributed by atoms with Crippen molar-refractivity contribution in [3.8, 4) is 0 Å². The molecule has 23 heavy (non-hydrogen) atoms. The number of pyridine rings is 1. The standard InChI is InChI=1S/C15H17N3O4S/c19-15(17-9-7-11-2-1-8-16-10-11)13-5-6-14(22-13)23(20,21)18-12-3-4-12/h1-2,5-6,8,10,12,18H,3-4,7,9H2,(H,17,19). The van der Waals surface area contributed by atoms with Gasteiger partial charge in [0.05, 0.1) is 0 Å². The molecule has 1 saturated carbocycles. The second-order valence-electron chi connectivity index (χ2n) is 5.38. The normalized spacial score (nSPS) is 14.6. The molecule has 122 valence electrons. The SMILES string of the molecule is O=C(NCCc1cccnc1)c1ccc(S(=O)(=O)NC2CC2)o1. The fourth-order valence-electron chi connectivity index (χ4n) is 2.02. The Bertz CT molecular complexity index is 782. The monoisotopic (exact) mass is 335 g/mol. The van der Waals surface area contributed by atoms with E-state index in [0.717, 1.165) is 18.4 Å². The predicted octanol–water partition coefficient (Wildman–Crippen LogP) is 1.09. The highest BCUT2D eigenvalue weighted by molar-refractivity contribution is 7.89. The van der Waals surface area contributed by atoms with Crippen molar-refractivity contribution in [2.24, 2.45) is 0 Å². The Balaban J connectivity index is 1.55. The minimum absolute atomic E-state index is 0.0122. The van der Waals surface area contributed by atoms with E-state index < -0.39 is 15.9 Å². The van der Waals surface area contributed by atoms with Gasteiger partial charge in [-0.15, -0.1) is 0 Å². The average molecular weight is 335 g/mol. The van der Waals surface area contributed by atoms with Crippen LogP contribution in [0.1, 0.15) is 29.0 Å². The number of hydrogen-bond acceptors (Lipinski definition) is 5. The van der Waals surface area contributed by atoms with E-state index in [4.69, 9.17) is 4.42 Å². The van der Waals surface area contributed by atoms with Crippen LogP contribution >= 0.6 is 0 Å². The number of aromatic nitrogens is 1. The number of sulfonamides is 1. The van der Waals surface area contributed by atoms with Crippen LogP contribution in [0.25, 0.3) is 0 Å². The molecule has 8 heteroatoms. The summed E-state index contributed by atoms with van der Waals surface area (Å²) in [6.45, 7) is 0.410. The number of furan rings is 1. The zero-order valence-electron chi connectivity index (χ0n) is 12.4. The van der Waals surface area contributed by atoms with Crippen molar-refractivity contribution in [2.75, 3.05) is 6.54 Å². The molecule has 1 amide bonds. The summed E-state index contributed by atoms with van der Waals surface area (Å²) in [5.74, 6) is -0.464. The lowest BCUT2D eigenvalue weighted by Crippen LogP contribution is -2.26.